The Bertz CT molecular complexity index is 445. The van der Waals surface area contributed by atoms with Gasteiger partial charge in [0.05, 0.1) is 13.2 Å². The lowest BCUT2D eigenvalue weighted by molar-refractivity contribution is -0.143. The van der Waals surface area contributed by atoms with E-state index in [9.17, 15) is 9.59 Å². The van der Waals surface area contributed by atoms with Crippen molar-refractivity contribution in [1.29, 1.82) is 0 Å². The predicted octanol–water partition coefficient (Wildman–Crippen LogP) is 1.70. The molecule has 0 fully saturated rings. The molecule has 110 valence electrons. The summed E-state index contributed by atoms with van der Waals surface area (Å²) in [5.74, 6) is 0.202. The van der Waals surface area contributed by atoms with Crippen LogP contribution in [-0.4, -0.2) is 31.6 Å². The van der Waals surface area contributed by atoms with Crippen LogP contribution in [0.2, 0.25) is 0 Å². The van der Waals surface area contributed by atoms with E-state index in [4.69, 9.17) is 9.47 Å². The van der Waals surface area contributed by atoms with E-state index in [-0.39, 0.29) is 12.5 Å². The predicted molar refractivity (Wildman–Crippen MR) is 75.6 cm³/mol. The van der Waals surface area contributed by atoms with Crippen molar-refractivity contribution in [2.75, 3.05) is 19.8 Å². The fourth-order valence-corrected chi connectivity index (χ4v) is 1.73. The van der Waals surface area contributed by atoms with Gasteiger partial charge in [-0.3, -0.25) is 9.59 Å². The first-order valence-corrected chi connectivity index (χ1v) is 6.80. The number of nitrogens with one attached hydrogen (secondary N) is 1. The van der Waals surface area contributed by atoms with Crippen molar-refractivity contribution < 1.29 is 19.1 Å². The quantitative estimate of drug-likeness (QED) is 0.736. The number of ether oxygens (including phenoxy) is 2. The van der Waals surface area contributed by atoms with Crippen molar-refractivity contribution in [1.82, 2.24) is 5.32 Å². The van der Waals surface area contributed by atoms with Gasteiger partial charge >= 0.3 is 5.97 Å². The van der Waals surface area contributed by atoms with E-state index in [1.54, 1.807) is 6.92 Å². The van der Waals surface area contributed by atoms with Gasteiger partial charge in [-0.05, 0) is 31.9 Å². The van der Waals surface area contributed by atoms with Crippen molar-refractivity contribution in [3.63, 3.8) is 0 Å². The number of amides is 1. The highest BCUT2D eigenvalue weighted by atomic mass is 16.5. The minimum absolute atomic E-state index is 0.0836. The molecule has 1 aromatic carbocycles. The van der Waals surface area contributed by atoms with Crippen molar-refractivity contribution in [2.24, 2.45) is 0 Å². The number of aryl methyl sites for hydroxylation is 1. The average molecular weight is 279 g/mol. The molecule has 0 aliphatic carbocycles. The zero-order valence-corrected chi connectivity index (χ0v) is 12.0. The monoisotopic (exact) mass is 279 g/mol. The van der Waals surface area contributed by atoms with Crippen LogP contribution in [0.15, 0.2) is 24.3 Å². The summed E-state index contributed by atoms with van der Waals surface area (Å²) in [4.78, 5) is 22.7. The summed E-state index contributed by atoms with van der Waals surface area (Å²) >= 11 is 0. The molecule has 0 saturated heterocycles. The van der Waals surface area contributed by atoms with Crippen molar-refractivity contribution in [2.45, 2.75) is 26.7 Å². The molecule has 0 aliphatic rings. The molecule has 0 bridgehead atoms. The number of para-hydroxylation sites is 1. The lowest BCUT2D eigenvalue weighted by Crippen LogP contribution is -2.30. The highest BCUT2D eigenvalue weighted by Crippen LogP contribution is 2.19. The Labute approximate surface area is 119 Å². The topological polar surface area (TPSA) is 64.6 Å². The molecule has 0 atom stereocenters. The Hall–Kier alpha value is -2.04. The zero-order valence-electron chi connectivity index (χ0n) is 12.0. The summed E-state index contributed by atoms with van der Waals surface area (Å²) < 4.78 is 10.2. The Balaban J connectivity index is 2.39. The molecule has 1 rings (SSSR count). The molecule has 0 aromatic heterocycles. The van der Waals surface area contributed by atoms with E-state index in [0.717, 1.165) is 11.3 Å². The van der Waals surface area contributed by atoms with Gasteiger partial charge in [-0.25, -0.2) is 0 Å². The SMILES string of the molecule is CCOC(=O)CNC(=O)CCc1ccccc1OCC. The van der Waals surface area contributed by atoms with E-state index in [1.165, 1.54) is 0 Å². The highest BCUT2D eigenvalue weighted by Gasteiger charge is 2.08. The van der Waals surface area contributed by atoms with Gasteiger partial charge in [-0.15, -0.1) is 0 Å². The number of carbonyl (C=O) groups is 2. The summed E-state index contributed by atoms with van der Waals surface area (Å²) in [5.41, 5.74) is 0.987. The van der Waals surface area contributed by atoms with Crippen molar-refractivity contribution in [3.05, 3.63) is 29.8 Å². The molecule has 1 N–H and O–H groups in total. The standard InChI is InChI=1S/C15H21NO4/c1-3-19-13-8-6-5-7-12(13)9-10-14(17)16-11-15(18)20-4-2/h5-8H,3-4,9-11H2,1-2H3,(H,16,17). The van der Waals surface area contributed by atoms with Gasteiger partial charge in [0, 0.05) is 6.42 Å². The van der Waals surface area contributed by atoms with Crippen LogP contribution in [0.3, 0.4) is 0 Å². The fourth-order valence-electron chi connectivity index (χ4n) is 1.73. The lowest BCUT2D eigenvalue weighted by Gasteiger charge is -2.10. The maximum Gasteiger partial charge on any atom is 0.325 e. The number of rotatable bonds is 8. The van der Waals surface area contributed by atoms with Crippen LogP contribution in [0.5, 0.6) is 5.75 Å². The van der Waals surface area contributed by atoms with Gasteiger partial charge in [-0.2, -0.15) is 0 Å². The molecule has 1 amide bonds. The molecule has 0 unspecified atom stereocenters. The summed E-state index contributed by atoms with van der Waals surface area (Å²) in [6.45, 7) is 4.47. The Kier molecular flexibility index (Phi) is 7.17. The Morgan fingerprint density at radius 3 is 2.60 bits per heavy atom. The Morgan fingerprint density at radius 2 is 1.90 bits per heavy atom. The second kappa shape index (κ2) is 8.96. The van der Waals surface area contributed by atoms with Crippen LogP contribution < -0.4 is 10.1 Å². The number of hydrogen-bond donors (Lipinski definition) is 1. The molecular formula is C15H21NO4. The average Bonchev–Trinajstić information content (AvgIpc) is 2.45. The van der Waals surface area contributed by atoms with Crippen LogP contribution in [0.25, 0.3) is 0 Å². The minimum Gasteiger partial charge on any atom is -0.494 e. The minimum atomic E-state index is -0.421. The van der Waals surface area contributed by atoms with Crippen LogP contribution in [0.1, 0.15) is 25.8 Å². The molecule has 0 saturated carbocycles. The third kappa shape index (κ3) is 5.73. The zero-order chi connectivity index (χ0) is 14.8. The number of benzene rings is 1. The van der Waals surface area contributed by atoms with Crippen molar-refractivity contribution in [3.8, 4) is 5.75 Å². The maximum atomic E-state index is 11.6. The number of esters is 1. The molecule has 20 heavy (non-hydrogen) atoms. The van der Waals surface area contributed by atoms with Crippen LogP contribution in [0.4, 0.5) is 0 Å². The first-order valence-electron chi connectivity index (χ1n) is 6.80. The molecular weight excluding hydrogens is 258 g/mol. The molecule has 0 aliphatic heterocycles. The molecule has 0 radical (unpaired) electrons. The second-order valence-corrected chi connectivity index (χ2v) is 4.12. The molecule has 5 heteroatoms. The molecule has 5 nitrogen and oxygen atoms in total. The molecule has 0 heterocycles. The van der Waals surface area contributed by atoms with Crippen LogP contribution >= 0.6 is 0 Å². The maximum absolute atomic E-state index is 11.6. The summed E-state index contributed by atoms with van der Waals surface area (Å²) in [6, 6.07) is 7.63. The van der Waals surface area contributed by atoms with Gasteiger partial charge in [0.2, 0.25) is 5.91 Å². The fraction of sp³-hybridized carbons (Fsp3) is 0.467. The van der Waals surface area contributed by atoms with Gasteiger partial charge in [-0.1, -0.05) is 18.2 Å². The number of hydrogen-bond acceptors (Lipinski definition) is 4. The van der Waals surface area contributed by atoms with Gasteiger partial charge < -0.3 is 14.8 Å². The third-order valence-electron chi connectivity index (χ3n) is 2.63. The van der Waals surface area contributed by atoms with Gasteiger partial charge in [0.25, 0.3) is 0 Å². The molecule has 1 aromatic rings. The normalized spacial score (nSPS) is 9.90. The van der Waals surface area contributed by atoms with E-state index in [0.29, 0.717) is 26.1 Å². The van der Waals surface area contributed by atoms with E-state index in [1.807, 2.05) is 31.2 Å². The first-order chi connectivity index (χ1) is 9.67. The third-order valence-corrected chi connectivity index (χ3v) is 2.63. The first kappa shape index (κ1) is 16.0. The Morgan fingerprint density at radius 1 is 1.15 bits per heavy atom. The largest absolute Gasteiger partial charge is 0.494 e. The van der Waals surface area contributed by atoms with E-state index in [2.05, 4.69) is 5.32 Å². The molecule has 0 spiro atoms. The summed E-state index contributed by atoms with van der Waals surface area (Å²) in [5, 5.41) is 2.53. The number of carbonyl (C=O) groups excluding carboxylic acids is 2. The van der Waals surface area contributed by atoms with Gasteiger partial charge in [0.1, 0.15) is 12.3 Å². The van der Waals surface area contributed by atoms with Crippen LogP contribution in [-0.2, 0) is 20.7 Å². The van der Waals surface area contributed by atoms with E-state index < -0.39 is 5.97 Å². The van der Waals surface area contributed by atoms with Crippen LogP contribution in [0, 0.1) is 0 Å². The van der Waals surface area contributed by atoms with E-state index >= 15 is 0 Å². The van der Waals surface area contributed by atoms with Crippen molar-refractivity contribution >= 4 is 11.9 Å². The second-order valence-electron chi connectivity index (χ2n) is 4.12. The lowest BCUT2D eigenvalue weighted by atomic mass is 10.1. The highest BCUT2D eigenvalue weighted by molar-refractivity contribution is 5.82. The summed E-state index contributed by atoms with van der Waals surface area (Å²) in [7, 11) is 0. The van der Waals surface area contributed by atoms with Gasteiger partial charge in [0.15, 0.2) is 0 Å². The smallest absolute Gasteiger partial charge is 0.325 e. The summed E-state index contributed by atoms with van der Waals surface area (Å²) in [6.07, 6.45) is 0.883.